The van der Waals surface area contributed by atoms with Gasteiger partial charge in [-0.05, 0) is 35.9 Å². The van der Waals surface area contributed by atoms with E-state index >= 15 is 0 Å². The molecule has 8 nitrogen and oxygen atoms in total. The Balaban J connectivity index is 1.71. The molecular formula is C19H17N5O3S. The number of benzene rings is 1. The van der Waals surface area contributed by atoms with Gasteiger partial charge in [0.25, 0.3) is 5.56 Å². The molecule has 1 aliphatic rings. The summed E-state index contributed by atoms with van der Waals surface area (Å²) in [5.41, 5.74) is 7.71. The number of aromatic nitrogens is 3. The van der Waals surface area contributed by atoms with Crippen LogP contribution in [0.25, 0.3) is 11.0 Å². The molecule has 2 N–H and O–H groups in total. The fourth-order valence-electron chi connectivity index (χ4n) is 2.84. The summed E-state index contributed by atoms with van der Waals surface area (Å²) in [7, 11) is 3.19. The van der Waals surface area contributed by atoms with E-state index in [4.69, 9.17) is 15.2 Å². The summed E-state index contributed by atoms with van der Waals surface area (Å²) < 4.78 is 12.1. The number of anilines is 1. The van der Waals surface area contributed by atoms with Crippen molar-refractivity contribution in [3.8, 4) is 11.5 Å². The monoisotopic (exact) mass is 395 g/mol. The average Bonchev–Trinajstić information content (AvgIpc) is 3.34. The minimum atomic E-state index is -0.401. The van der Waals surface area contributed by atoms with Crippen molar-refractivity contribution >= 4 is 34.4 Å². The predicted octanol–water partition coefficient (Wildman–Crippen LogP) is 2.32. The maximum atomic E-state index is 12.4. The number of methoxy groups -OCH3 is 2. The molecule has 28 heavy (non-hydrogen) atoms. The molecule has 4 rings (SSSR count). The van der Waals surface area contributed by atoms with Gasteiger partial charge in [0.2, 0.25) is 4.96 Å². The SMILES string of the molecule is COc1ccc(Cc2nn3c(N)c(/C=C4/C=CC=N4)c(=O)nc3s2)cc1OC. The zero-order chi connectivity index (χ0) is 19.7. The van der Waals surface area contributed by atoms with E-state index in [1.54, 1.807) is 38.7 Å². The van der Waals surface area contributed by atoms with E-state index < -0.39 is 5.56 Å². The Morgan fingerprint density at radius 2 is 2.07 bits per heavy atom. The second-order valence-corrected chi connectivity index (χ2v) is 7.02. The summed E-state index contributed by atoms with van der Waals surface area (Å²) >= 11 is 1.32. The number of nitrogens with zero attached hydrogens (tertiary/aromatic N) is 4. The normalized spacial score (nSPS) is 14.3. The lowest BCUT2D eigenvalue weighted by atomic mass is 10.1. The quantitative estimate of drug-likeness (QED) is 0.711. The first-order valence-electron chi connectivity index (χ1n) is 8.40. The van der Waals surface area contributed by atoms with Gasteiger partial charge in [-0.25, -0.2) is 0 Å². The van der Waals surface area contributed by atoms with E-state index in [2.05, 4.69) is 15.1 Å². The minimum Gasteiger partial charge on any atom is -0.493 e. The fraction of sp³-hybridized carbons (Fsp3) is 0.158. The molecule has 142 valence electrons. The van der Waals surface area contributed by atoms with Crippen LogP contribution in [0.3, 0.4) is 0 Å². The standard InChI is InChI=1S/C19H17N5O3S/c1-26-14-6-5-11(8-15(14)27-2)9-16-23-24-17(20)13(10-12-4-3-7-21-12)18(25)22-19(24)28-16/h3-8,10H,9,20H2,1-2H3/b12-10-. The molecule has 3 heterocycles. The number of hydrogen-bond acceptors (Lipinski definition) is 8. The Kier molecular flexibility index (Phi) is 4.66. The summed E-state index contributed by atoms with van der Waals surface area (Å²) in [5, 5.41) is 5.31. The molecule has 0 unspecified atom stereocenters. The number of rotatable bonds is 5. The van der Waals surface area contributed by atoms with Crippen molar-refractivity contribution in [3.05, 3.63) is 62.5 Å². The van der Waals surface area contributed by atoms with Gasteiger partial charge in [-0.2, -0.15) is 14.6 Å². The molecule has 2 aromatic heterocycles. The van der Waals surface area contributed by atoms with Crippen LogP contribution in [0.1, 0.15) is 16.1 Å². The topological polar surface area (TPSA) is 104 Å². The highest BCUT2D eigenvalue weighted by Gasteiger charge is 2.15. The zero-order valence-electron chi connectivity index (χ0n) is 15.2. The first-order chi connectivity index (χ1) is 13.6. The lowest BCUT2D eigenvalue weighted by Gasteiger charge is -2.08. The first-order valence-corrected chi connectivity index (χ1v) is 9.22. The van der Waals surface area contributed by atoms with E-state index in [9.17, 15) is 4.79 Å². The Morgan fingerprint density at radius 1 is 1.25 bits per heavy atom. The van der Waals surface area contributed by atoms with Crippen LogP contribution < -0.4 is 20.8 Å². The number of aliphatic imine (C=N–C) groups is 1. The van der Waals surface area contributed by atoms with Crippen molar-refractivity contribution in [1.29, 1.82) is 0 Å². The average molecular weight is 395 g/mol. The van der Waals surface area contributed by atoms with Crippen molar-refractivity contribution in [2.45, 2.75) is 6.42 Å². The minimum absolute atomic E-state index is 0.243. The van der Waals surface area contributed by atoms with Crippen LogP contribution in [0.5, 0.6) is 11.5 Å². The third-order valence-electron chi connectivity index (χ3n) is 4.21. The first kappa shape index (κ1) is 17.9. The predicted molar refractivity (Wildman–Crippen MR) is 110 cm³/mol. The number of ether oxygens (including phenoxy) is 2. The van der Waals surface area contributed by atoms with Gasteiger partial charge in [-0.1, -0.05) is 17.4 Å². The highest BCUT2D eigenvalue weighted by atomic mass is 32.1. The van der Waals surface area contributed by atoms with Gasteiger partial charge in [-0.3, -0.25) is 9.79 Å². The van der Waals surface area contributed by atoms with Crippen molar-refractivity contribution in [2.24, 2.45) is 4.99 Å². The van der Waals surface area contributed by atoms with Gasteiger partial charge in [0.1, 0.15) is 10.8 Å². The summed E-state index contributed by atoms with van der Waals surface area (Å²) in [6.45, 7) is 0. The van der Waals surface area contributed by atoms with E-state index in [0.717, 1.165) is 10.6 Å². The van der Waals surface area contributed by atoms with Gasteiger partial charge in [0.05, 0.1) is 25.5 Å². The molecule has 0 aliphatic carbocycles. The molecule has 0 fully saturated rings. The largest absolute Gasteiger partial charge is 0.493 e. The zero-order valence-corrected chi connectivity index (χ0v) is 16.1. The van der Waals surface area contributed by atoms with Crippen LogP contribution in [0.2, 0.25) is 0 Å². The van der Waals surface area contributed by atoms with Crippen LogP contribution in [-0.4, -0.2) is 35.0 Å². The molecule has 0 bridgehead atoms. The lowest BCUT2D eigenvalue weighted by molar-refractivity contribution is 0.354. The Hall–Kier alpha value is -3.46. The number of allylic oxidation sites excluding steroid dienone is 2. The number of nitrogens with two attached hydrogens (primary N) is 1. The lowest BCUT2D eigenvalue weighted by Crippen LogP contribution is -2.16. The number of hydrogen-bond donors (Lipinski definition) is 1. The Morgan fingerprint density at radius 3 is 2.79 bits per heavy atom. The van der Waals surface area contributed by atoms with Gasteiger partial charge < -0.3 is 15.2 Å². The maximum absolute atomic E-state index is 12.4. The molecule has 3 aromatic rings. The fourth-order valence-corrected chi connectivity index (χ4v) is 3.77. The van der Waals surface area contributed by atoms with E-state index in [1.807, 2.05) is 18.2 Å². The molecule has 0 saturated heterocycles. The van der Waals surface area contributed by atoms with E-state index in [0.29, 0.717) is 28.6 Å². The molecule has 0 atom stereocenters. The third kappa shape index (κ3) is 3.27. The summed E-state index contributed by atoms with van der Waals surface area (Å²) in [5.74, 6) is 1.55. The molecular weight excluding hydrogens is 378 g/mol. The third-order valence-corrected chi connectivity index (χ3v) is 5.11. The van der Waals surface area contributed by atoms with Crippen LogP contribution in [0, 0.1) is 0 Å². The second kappa shape index (κ2) is 7.28. The van der Waals surface area contributed by atoms with Gasteiger partial charge >= 0.3 is 0 Å². The van der Waals surface area contributed by atoms with Crippen LogP contribution in [0.4, 0.5) is 5.82 Å². The molecule has 9 heteroatoms. The van der Waals surface area contributed by atoms with Crippen molar-refractivity contribution < 1.29 is 9.47 Å². The van der Waals surface area contributed by atoms with Crippen LogP contribution in [0.15, 0.2) is 45.8 Å². The molecule has 1 aromatic carbocycles. The second-order valence-electron chi connectivity index (χ2n) is 5.98. The molecule has 0 saturated carbocycles. The highest BCUT2D eigenvalue weighted by Crippen LogP contribution is 2.29. The van der Waals surface area contributed by atoms with E-state index in [1.165, 1.54) is 15.9 Å². The summed E-state index contributed by atoms with van der Waals surface area (Å²) in [4.78, 5) is 21.1. The Labute approximate surface area is 164 Å². The molecule has 1 aliphatic heterocycles. The van der Waals surface area contributed by atoms with Gasteiger partial charge in [0, 0.05) is 12.6 Å². The van der Waals surface area contributed by atoms with Crippen molar-refractivity contribution in [2.75, 3.05) is 20.0 Å². The Bertz CT molecular complexity index is 1190. The number of fused-ring (bicyclic) bond motifs is 1. The summed E-state index contributed by atoms with van der Waals surface area (Å²) in [6, 6.07) is 5.68. The van der Waals surface area contributed by atoms with E-state index in [-0.39, 0.29) is 11.4 Å². The number of nitrogen functional groups attached to an aromatic ring is 1. The van der Waals surface area contributed by atoms with Gasteiger partial charge in [0.15, 0.2) is 11.5 Å². The van der Waals surface area contributed by atoms with Crippen molar-refractivity contribution in [3.63, 3.8) is 0 Å². The highest BCUT2D eigenvalue weighted by molar-refractivity contribution is 7.16. The smallest absolute Gasteiger partial charge is 0.283 e. The van der Waals surface area contributed by atoms with Crippen LogP contribution >= 0.6 is 11.3 Å². The summed E-state index contributed by atoms with van der Waals surface area (Å²) in [6.07, 6.45) is 7.39. The molecule has 0 radical (unpaired) electrons. The van der Waals surface area contributed by atoms with Gasteiger partial charge in [-0.15, -0.1) is 0 Å². The van der Waals surface area contributed by atoms with Crippen molar-refractivity contribution in [1.82, 2.24) is 14.6 Å². The molecule has 0 amide bonds. The maximum Gasteiger partial charge on any atom is 0.283 e. The van der Waals surface area contributed by atoms with Crippen LogP contribution in [-0.2, 0) is 6.42 Å². The molecule has 0 spiro atoms.